The van der Waals surface area contributed by atoms with Crippen molar-refractivity contribution in [1.29, 1.82) is 0 Å². The van der Waals surface area contributed by atoms with Crippen molar-refractivity contribution in [3.05, 3.63) is 22.4 Å². The van der Waals surface area contributed by atoms with Crippen LogP contribution in [-0.4, -0.2) is 49.6 Å². The monoisotopic (exact) mass is 362 g/mol. The first kappa shape index (κ1) is 17.0. The molecule has 0 aromatic carbocycles. The summed E-state index contributed by atoms with van der Waals surface area (Å²) >= 11 is 1.62. The zero-order chi connectivity index (χ0) is 17.3. The topological polar surface area (TPSA) is 58.6 Å². The van der Waals surface area contributed by atoms with Crippen molar-refractivity contribution in [2.75, 3.05) is 32.8 Å². The Morgan fingerprint density at radius 2 is 2.12 bits per heavy atom. The molecule has 4 rings (SSSR count). The highest BCUT2D eigenvalue weighted by molar-refractivity contribution is 7.10. The molecule has 1 unspecified atom stereocenters. The molecule has 1 aromatic rings. The van der Waals surface area contributed by atoms with E-state index in [4.69, 9.17) is 4.74 Å². The van der Waals surface area contributed by atoms with Gasteiger partial charge in [0.05, 0.1) is 12.3 Å². The van der Waals surface area contributed by atoms with Gasteiger partial charge in [0, 0.05) is 43.1 Å². The van der Waals surface area contributed by atoms with Crippen LogP contribution in [0.5, 0.6) is 0 Å². The van der Waals surface area contributed by atoms with Crippen molar-refractivity contribution >= 4 is 23.2 Å². The summed E-state index contributed by atoms with van der Waals surface area (Å²) in [6.45, 7) is 3.44. The minimum Gasteiger partial charge on any atom is -0.381 e. The van der Waals surface area contributed by atoms with Crippen molar-refractivity contribution in [1.82, 2.24) is 10.2 Å². The van der Waals surface area contributed by atoms with Crippen molar-refractivity contribution in [3.63, 3.8) is 0 Å². The van der Waals surface area contributed by atoms with Crippen LogP contribution in [0.3, 0.4) is 0 Å². The van der Waals surface area contributed by atoms with Gasteiger partial charge in [-0.15, -0.1) is 11.3 Å². The lowest BCUT2D eigenvalue weighted by molar-refractivity contribution is -0.130. The van der Waals surface area contributed by atoms with Gasteiger partial charge in [-0.2, -0.15) is 0 Å². The van der Waals surface area contributed by atoms with Gasteiger partial charge in [-0.3, -0.25) is 9.59 Å². The van der Waals surface area contributed by atoms with Gasteiger partial charge in [0.1, 0.15) is 0 Å². The summed E-state index contributed by atoms with van der Waals surface area (Å²) in [6, 6.07) is 3.98. The van der Waals surface area contributed by atoms with Gasteiger partial charge >= 0.3 is 0 Å². The maximum absolute atomic E-state index is 12.8. The zero-order valence-electron chi connectivity index (χ0n) is 14.5. The summed E-state index contributed by atoms with van der Waals surface area (Å²) in [7, 11) is 0. The minimum atomic E-state index is -0.100. The molecule has 3 fully saturated rings. The zero-order valence-corrected chi connectivity index (χ0v) is 15.4. The molecule has 1 aromatic heterocycles. The Balaban J connectivity index is 1.45. The van der Waals surface area contributed by atoms with E-state index in [1.165, 1.54) is 12.8 Å². The Morgan fingerprint density at radius 1 is 1.32 bits per heavy atom. The minimum absolute atomic E-state index is 0.0950. The van der Waals surface area contributed by atoms with Crippen LogP contribution in [0.25, 0.3) is 0 Å². The van der Waals surface area contributed by atoms with Crippen LogP contribution in [0.4, 0.5) is 0 Å². The molecule has 1 spiro atoms. The Morgan fingerprint density at radius 3 is 2.80 bits per heavy atom. The second-order valence-electron chi connectivity index (χ2n) is 7.75. The lowest BCUT2D eigenvalue weighted by Crippen LogP contribution is -2.44. The van der Waals surface area contributed by atoms with Crippen molar-refractivity contribution in [3.8, 4) is 0 Å². The van der Waals surface area contributed by atoms with Crippen LogP contribution in [0.2, 0.25) is 0 Å². The normalized spacial score (nSPS) is 25.3. The maximum Gasteiger partial charge on any atom is 0.227 e. The summed E-state index contributed by atoms with van der Waals surface area (Å²) in [5.41, 5.74) is -0.100. The maximum atomic E-state index is 12.8. The van der Waals surface area contributed by atoms with E-state index in [9.17, 15) is 9.59 Å². The summed E-state index contributed by atoms with van der Waals surface area (Å²) < 4.78 is 5.54. The first-order valence-electron chi connectivity index (χ1n) is 9.32. The second-order valence-corrected chi connectivity index (χ2v) is 8.78. The van der Waals surface area contributed by atoms with E-state index in [0.717, 1.165) is 24.3 Å². The fourth-order valence-electron chi connectivity index (χ4n) is 4.17. The molecular weight excluding hydrogens is 336 g/mol. The third kappa shape index (κ3) is 3.75. The van der Waals surface area contributed by atoms with Gasteiger partial charge < -0.3 is 15.0 Å². The van der Waals surface area contributed by atoms with Gasteiger partial charge in [-0.1, -0.05) is 6.07 Å². The molecule has 3 aliphatic rings. The van der Waals surface area contributed by atoms with Crippen LogP contribution in [0, 0.1) is 17.3 Å². The molecule has 25 heavy (non-hydrogen) atoms. The van der Waals surface area contributed by atoms with Crippen molar-refractivity contribution in [2.24, 2.45) is 17.3 Å². The third-order valence-electron chi connectivity index (χ3n) is 5.97. The Labute approximate surface area is 152 Å². The molecule has 1 saturated carbocycles. The largest absolute Gasteiger partial charge is 0.381 e. The fourth-order valence-corrected chi connectivity index (χ4v) is 4.86. The molecule has 2 saturated heterocycles. The van der Waals surface area contributed by atoms with Gasteiger partial charge in [0.2, 0.25) is 11.8 Å². The molecule has 0 radical (unpaired) electrons. The molecule has 5 nitrogen and oxygen atoms in total. The number of carbonyl (C=O) groups is 2. The number of thiophene rings is 1. The highest BCUT2D eigenvalue weighted by atomic mass is 32.1. The molecule has 0 bridgehead atoms. The van der Waals surface area contributed by atoms with Crippen molar-refractivity contribution < 1.29 is 14.3 Å². The Bertz CT molecular complexity index is 621. The summed E-state index contributed by atoms with van der Waals surface area (Å²) in [5, 5.41) is 5.15. The average Bonchev–Trinajstić information content (AvgIpc) is 3.18. The number of nitrogens with zero attached hydrogens (tertiary/aromatic N) is 1. The molecule has 2 aliphatic heterocycles. The summed E-state index contributed by atoms with van der Waals surface area (Å²) in [4.78, 5) is 28.6. The SMILES string of the molecule is O=C(NCC1CC1)C1CN(C(=O)Cc2cccs2)CC12CCOCC2. The van der Waals surface area contributed by atoms with E-state index in [0.29, 0.717) is 38.6 Å². The van der Waals surface area contributed by atoms with E-state index in [1.54, 1.807) is 11.3 Å². The molecule has 1 atom stereocenters. The third-order valence-corrected chi connectivity index (χ3v) is 6.85. The number of hydrogen-bond acceptors (Lipinski definition) is 4. The molecule has 1 N–H and O–H groups in total. The highest BCUT2D eigenvalue weighted by Gasteiger charge is 2.51. The van der Waals surface area contributed by atoms with Crippen molar-refractivity contribution in [2.45, 2.75) is 32.1 Å². The first-order chi connectivity index (χ1) is 12.2. The number of hydrogen-bond donors (Lipinski definition) is 1. The average molecular weight is 362 g/mol. The molecule has 6 heteroatoms. The van der Waals surface area contributed by atoms with Crippen LogP contribution in [0.1, 0.15) is 30.6 Å². The van der Waals surface area contributed by atoms with E-state index in [1.807, 2.05) is 22.4 Å². The van der Waals surface area contributed by atoms with Gasteiger partial charge in [0.15, 0.2) is 0 Å². The number of carbonyl (C=O) groups excluding carboxylic acids is 2. The number of amides is 2. The van der Waals surface area contributed by atoms with E-state index in [-0.39, 0.29) is 23.1 Å². The molecule has 3 heterocycles. The van der Waals surface area contributed by atoms with E-state index < -0.39 is 0 Å². The standard InChI is InChI=1S/C19H26N2O3S/c22-17(10-15-2-1-9-25-15)21-12-16(18(23)20-11-14-3-4-14)19(13-21)5-7-24-8-6-19/h1-2,9,14,16H,3-8,10-13H2,(H,20,23). The molecule has 136 valence electrons. The van der Waals surface area contributed by atoms with Crippen LogP contribution >= 0.6 is 11.3 Å². The predicted octanol–water partition coefficient (Wildman–Crippen LogP) is 2.07. The molecular formula is C19H26N2O3S. The van der Waals surface area contributed by atoms with Crippen LogP contribution in [0.15, 0.2) is 17.5 Å². The quantitative estimate of drug-likeness (QED) is 0.872. The number of nitrogens with one attached hydrogen (secondary N) is 1. The second kappa shape index (κ2) is 7.08. The van der Waals surface area contributed by atoms with Gasteiger partial charge in [-0.05, 0) is 43.0 Å². The van der Waals surface area contributed by atoms with Crippen LogP contribution in [-0.2, 0) is 20.7 Å². The number of likely N-dealkylation sites (tertiary alicyclic amines) is 1. The Hall–Kier alpha value is -1.40. The predicted molar refractivity (Wildman–Crippen MR) is 96.3 cm³/mol. The van der Waals surface area contributed by atoms with E-state index in [2.05, 4.69) is 5.32 Å². The highest BCUT2D eigenvalue weighted by Crippen LogP contribution is 2.44. The van der Waals surface area contributed by atoms with Gasteiger partial charge in [-0.25, -0.2) is 0 Å². The smallest absolute Gasteiger partial charge is 0.227 e. The summed E-state index contributed by atoms with van der Waals surface area (Å²) in [6.07, 6.45) is 4.65. The van der Waals surface area contributed by atoms with Crippen LogP contribution < -0.4 is 5.32 Å². The molecule has 1 aliphatic carbocycles. The molecule has 2 amide bonds. The Kier molecular flexibility index (Phi) is 4.82. The fraction of sp³-hybridized carbons (Fsp3) is 0.684. The van der Waals surface area contributed by atoms with Gasteiger partial charge in [0.25, 0.3) is 0 Å². The van der Waals surface area contributed by atoms with E-state index >= 15 is 0 Å². The lowest BCUT2D eigenvalue weighted by atomic mass is 9.71. The first-order valence-corrected chi connectivity index (χ1v) is 10.2. The number of rotatable bonds is 5. The lowest BCUT2D eigenvalue weighted by Gasteiger charge is -2.37. The summed E-state index contributed by atoms with van der Waals surface area (Å²) in [5.74, 6) is 0.862. The number of ether oxygens (including phenoxy) is 1.